The molecule has 2 heterocycles. The number of carbonyl (C=O) groups is 1. The fraction of sp³-hybridized carbons (Fsp3) is 0.389. The summed E-state index contributed by atoms with van der Waals surface area (Å²) in [5, 5.41) is 0. The summed E-state index contributed by atoms with van der Waals surface area (Å²) in [7, 11) is 0.453. The molecular formula is C18H20BF2NO4. The van der Waals surface area contributed by atoms with Gasteiger partial charge in [-0.25, -0.2) is 13.6 Å². The van der Waals surface area contributed by atoms with Crippen LogP contribution >= 0.6 is 0 Å². The number of methoxy groups -OCH3 is 1. The van der Waals surface area contributed by atoms with Gasteiger partial charge in [0.15, 0.2) is 0 Å². The zero-order valence-corrected chi connectivity index (χ0v) is 15.3. The van der Waals surface area contributed by atoms with Gasteiger partial charge in [0, 0.05) is 16.9 Å². The number of aromatic nitrogens is 1. The van der Waals surface area contributed by atoms with Gasteiger partial charge in [-0.15, -0.1) is 0 Å². The lowest BCUT2D eigenvalue weighted by Crippen LogP contribution is -2.41. The van der Waals surface area contributed by atoms with Gasteiger partial charge in [-0.3, -0.25) is 0 Å². The van der Waals surface area contributed by atoms with E-state index in [1.807, 2.05) is 27.7 Å². The summed E-state index contributed by atoms with van der Waals surface area (Å²) in [6.45, 7) is 7.75. The predicted molar refractivity (Wildman–Crippen MR) is 93.2 cm³/mol. The van der Waals surface area contributed by atoms with Crippen molar-refractivity contribution in [3.8, 4) is 11.3 Å². The van der Waals surface area contributed by atoms with Gasteiger partial charge in [0.2, 0.25) is 0 Å². The quantitative estimate of drug-likeness (QED) is 0.673. The van der Waals surface area contributed by atoms with Crippen LogP contribution in [0.3, 0.4) is 0 Å². The number of H-pyrrole nitrogens is 1. The molecule has 1 saturated heterocycles. The van der Waals surface area contributed by atoms with Crippen LogP contribution in [0.25, 0.3) is 11.3 Å². The third-order valence-electron chi connectivity index (χ3n) is 4.96. The van der Waals surface area contributed by atoms with Gasteiger partial charge in [-0.2, -0.15) is 0 Å². The number of hydrogen-bond acceptors (Lipinski definition) is 4. The van der Waals surface area contributed by atoms with Crippen molar-refractivity contribution < 1.29 is 27.6 Å². The summed E-state index contributed by atoms with van der Waals surface area (Å²) >= 11 is 0. The average Bonchev–Trinajstić information content (AvgIpc) is 3.09. The third kappa shape index (κ3) is 3.03. The van der Waals surface area contributed by atoms with Crippen molar-refractivity contribution >= 4 is 18.7 Å². The summed E-state index contributed by atoms with van der Waals surface area (Å²) in [5.74, 6) is -3.03. The van der Waals surface area contributed by atoms with Crippen LogP contribution in [0.5, 0.6) is 0 Å². The molecule has 3 rings (SSSR count). The Morgan fingerprint density at radius 2 is 1.62 bits per heavy atom. The first-order chi connectivity index (χ1) is 12.1. The van der Waals surface area contributed by atoms with E-state index in [2.05, 4.69) is 9.72 Å². The Morgan fingerprint density at radius 3 is 2.12 bits per heavy atom. The van der Waals surface area contributed by atoms with Gasteiger partial charge in [0.1, 0.15) is 17.2 Å². The summed E-state index contributed by atoms with van der Waals surface area (Å²) < 4.78 is 44.6. The molecule has 8 heteroatoms. The second-order valence-corrected chi connectivity index (χ2v) is 7.22. The molecule has 0 spiro atoms. The van der Waals surface area contributed by atoms with Gasteiger partial charge >= 0.3 is 13.1 Å². The monoisotopic (exact) mass is 363 g/mol. The van der Waals surface area contributed by atoms with Crippen molar-refractivity contribution in [3.05, 3.63) is 41.5 Å². The molecule has 0 radical (unpaired) electrons. The number of halogens is 2. The van der Waals surface area contributed by atoms with Gasteiger partial charge in [0.05, 0.1) is 18.3 Å². The summed E-state index contributed by atoms with van der Waals surface area (Å²) in [6, 6.07) is 5.57. The molecule has 1 N–H and O–H groups in total. The van der Waals surface area contributed by atoms with Crippen molar-refractivity contribution in [2.24, 2.45) is 0 Å². The number of esters is 1. The second kappa shape index (κ2) is 6.21. The molecule has 0 atom stereocenters. The molecule has 1 aliphatic rings. The Balaban J connectivity index is 1.91. The topological polar surface area (TPSA) is 60.6 Å². The number of hydrogen-bond donors (Lipinski definition) is 1. The predicted octanol–water partition coefficient (Wildman–Crippen LogP) is 3.05. The standard InChI is InChI=1S/C18H20BF2NO4/c1-17(2)18(3,4)26-19(25-17)14-7-6-13(22-14)10-8-11(20)15(12(21)9-10)16(23)24-5/h6-9,22H,1-5H3. The molecule has 0 bridgehead atoms. The van der Waals surface area contributed by atoms with Crippen molar-refractivity contribution in [1.82, 2.24) is 4.98 Å². The van der Waals surface area contributed by atoms with E-state index in [4.69, 9.17) is 9.31 Å². The van der Waals surface area contributed by atoms with E-state index in [0.29, 0.717) is 11.3 Å². The fourth-order valence-corrected chi connectivity index (χ4v) is 2.71. The normalized spacial score (nSPS) is 18.2. The zero-order chi connectivity index (χ0) is 19.3. The molecule has 1 aromatic heterocycles. The van der Waals surface area contributed by atoms with Crippen molar-refractivity contribution in [1.29, 1.82) is 0 Å². The molecule has 0 saturated carbocycles. The molecule has 1 aliphatic heterocycles. The highest BCUT2D eigenvalue weighted by Crippen LogP contribution is 2.36. The molecule has 26 heavy (non-hydrogen) atoms. The Hall–Kier alpha value is -2.19. The van der Waals surface area contributed by atoms with E-state index in [1.54, 1.807) is 12.1 Å². The fourth-order valence-electron chi connectivity index (χ4n) is 2.71. The van der Waals surface area contributed by atoms with E-state index in [9.17, 15) is 13.6 Å². The summed E-state index contributed by atoms with van der Waals surface area (Å²) in [4.78, 5) is 14.5. The first-order valence-corrected chi connectivity index (χ1v) is 8.18. The summed E-state index contributed by atoms with van der Waals surface area (Å²) in [6.07, 6.45) is 0. The number of nitrogens with one attached hydrogen (secondary N) is 1. The zero-order valence-electron chi connectivity index (χ0n) is 15.3. The number of benzene rings is 1. The highest BCUT2D eigenvalue weighted by atomic mass is 19.1. The van der Waals surface area contributed by atoms with Crippen LogP contribution in [0.2, 0.25) is 0 Å². The van der Waals surface area contributed by atoms with E-state index >= 15 is 0 Å². The van der Waals surface area contributed by atoms with Crippen molar-refractivity contribution in [2.75, 3.05) is 7.11 Å². The minimum absolute atomic E-state index is 0.260. The summed E-state index contributed by atoms with van der Waals surface area (Å²) in [5.41, 5.74) is -0.336. The Labute approximate surface area is 150 Å². The molecule has 138 valence electrons. The lowest BCUT2D eigenvalue weighted by atomic mass is 9.85. The molecule has 1 aromatic carbocycles. The van der Waals surface area contributed by atoms with Gasteiger partial charge in [-0.05, 0) is 52.0 Å². The lowest BCUT2D eigenvalue weighted by Gasteiger charge is -2.32. The maximum Gasteiger partial charge on any atom is 0.512 e. The number of rotatable bonds is 3. The maximum absolute atomic E-state index is 14.1. The van der Waals surface area contributed by atoms with Crippen molar-refractivity contribution in [2.45, 2.75) is 38.9 Å². The Kier molecular flexibility index (Phi) is 4.44. The Bertz CT molecular complexity index is 824. The average molecular weight is 363 g/mol. The number of aromatic amines is 1. The SMILES string of the molecule is COC(=O)c1c(F)cc(-c2ccc(B3OC(C)(C)C(C)(C)O3)[nH]2)cc1F. The van der Waals surface area contributed by atoms with E-state index in [1.165, 1.54) is 0 Å². The van der Waals surface area contributed by atoms with Crippen LogP contribution in [-0.4, -0.2) is 36.4 Å². The van der Waals surface area contributed by atoms with E-state index < -0.39 is 41.5 Å². The molecule has 5 nitrogen and oxygen atoms in total. The first-order valence-electron chi connectivity index (χ1n) is 8.18. The third-order valence-corrected chi connectivity index (χ3v) is 4.96. The highest BCUT2D eigenvalue weighted by molar-refractivity contribution is 6.61. The first kappa shape index (κ1) is 18.6. The molecule has 0 amide bonds. The lowest BCUT2D eigenvalue weighted by molar-refractivity contribution is 0.00578. The van der Waals surface area contributed by atoms with Crippen LogP contribution in [0.4, 0.5) is 8.78 Å². The second-order valence-electron chi connectivity index (χ2n) is 7.22. The largest absolute Gasteiger partial charge is 0.512 e. The molecule has 0 unspecified atom stereocenters. The molecule has 0 aliphatic carbocycles. The van der Waals surface area contributed by atoms with Crippen LogP contribution in [0.15, 0.2) is 24.3 Å². The minimum Gasteiger partial charge on any atom is -0.465 e. The number of carbonyl (C=O) groups excluding carboxylic acids is 1. The van der Waals surface area contributed by atoms with Gasteiger partial charge < -0.3 is 19.0 Å². The molecular weight excluding hydrogens is 343 g/mol. The van der Waals surface area contributed by atoms with Crippen LogP contribution < -0.4 is 5.59 Å². The van der Waals surface area contributed by atoms with Crippen molar-refractivity contribution in [3.63, 3.8) is 0 Å². The van der Waals surface area contributed by atoms with Crippen LogP contribution in [0, 0.1) is 11.6 Å². The smallest absolute Gasteiger partial charge is 0.465 e. The van der Waals surface area contributed by atoms with Gasteiger partial charge in [0.25, 0.3) is 0 Å². The molecule has 2 aromatic rings. The van der Waals surface area contributed by atoms with E-state index in [0.717, 1.165) is 19.2 Å². The van der Waals surface area contributed by atoms with Crippen LogP contribution in [0.1, 0.15) is 38.1 Å². The maximum atomic E-state index is 14.1. The van der Waals surface area contributed by atoms with Gasteiger partial charge in [-0.1, -0.05) is 0 Å². The highest BCUT2D eigenvalue weighted by Gasteiger charge is 2.52. The minimum atomic E-state index is -1.06. The van der Waals surface area contributed by atoms with E-state index in [-0.39, 0.29) is 5.56 Å². The van der Waals surface area contributed by atoms with Crippen LogP contribution in [-0.2, 0) is 14.0 Å². The Morgan fingerprint density at radius 1 is 1.08 bits per heavy atom. The molecule has 1 fully saturated rings. The number of ether oxygens (including phenoxy) is 1.